The molecule has 0 aromatic heterocycles. The summed E-state index contributed by atoms with van der Waals surface area (Å²) >= 11 is 0. The van der Waals surface area contributed by atoms with Crippen LogP contribution in [-0.4, -0.2) is 56.0 Å². The predicted molar refractivity (Wildman–Crippen MR) is 75.4 cm³/mol. The minimum absolute atomic E-state index is 0.268. The molecule has 1 aromatic rings. The fourth-order valence-corrected chi connectivity index (χ4v) is 2.26. The topological polar surface area (TPSA) is 32.8 Å². The van der Waals surface area contributed by atoms with E-state index in [1.807, 2.05) is 29.2 Å². The number of benzene rings is 1. The zero-order valence-electron chi connectivity index (χ0n) is 11.8. The SMILES string of the molecule is COc1ccc(CCC(=O)N2CCN(C)CC2)cc1. The Morgan fingerprint density at radius 2 is 1.79 bits per heavy atom. The maximum atomic E-state index is 12.1. The lowest BCUT2D eigenvalue weighted by atomic mass is 10.1. The van der Waals surface area contributed by atoms with Crippen molar-refractivity contribution in [1.82, 2.24) is 9.80 Å². The van der Waals surface area contributed by atoms with Gasteiger partial charge in [-0.25, -0.2) is 0 Å². The van der Waals surface area contributed by atoms with Crippen molar-refractivity contribution in [3.8, 4) is 5.75 Å². The quantitative estimate of drug-likeness (QED) is 0.822. The number of carbonyl (C=O) groups excluding carboxylic acids is 1. The van der Waals surface area contributed by atoms with Crippen LogP contribution in [0.4, 0.5) is 0 Å². The molecular weight excluding hydrogens is 240 g/mol. The van der Waals surface area contributed by atoms with Crippen LogP contribution in [0.1, 0.15) is 12.0 Å². The molecule has 1 saturated heterocycles. The van der Waals surface area contributed by atoms with Gasteiger partial charge in [-0.05, 0) is 31.2 Å². The van der Waals surface area contributed by atoms with Crippen molar-refractivity contribution in [2.24, 2.45) is 0 Å². The first-order valence-electron chi connectivity index (χ1n) is 6.78. The second kappa shape index (κ2) is 6.57. The molecular formula is C15H22N2O2. The Balaban J connectivity index is 1.79. The van der Waals surface area contributed by atoms with E-state index in [0.717, 1.165) is 38.3 Å². The summed E-state index contributed by atoms with van der Waals surface area (Å²) < 4.78 is 5.12. The Kier molecular flexibility index (Phi) is 4.80. The summed E-state index contributed by atoms with van der Waals surface area (Å²) in [6, 6.07) is 7.93. The third-order valence-corrected chi connectivity index (χ3v) is 3.64. The van der Waals surface area contributed by atoms with E-state index in [9.17, 15) is 4.79 Å². The number of likely N-dealkylation sites (N-methyl/N-ethyl adjacent to an activating group) is 1. The average Bonchev–Trinajstić information content (AvgIpc) is 2.46. The highest BCUT2D eigenvalue weighted by atomic mass is 16.5. The van der Waals surface area contributed by atoms with E-state index in [4.69, 9.17) is 4.74 Å². The molecule has 0 radical (unpaired) electrons. The van der Waals surface area contributed by atoms with Gasteiger partial charge >= 0.3 is 0 Å². The summed E-state index contributed by atoms with van der Waals surface area (Å²) in [5.41, 5.74) is 1.18. The first-order chi connectivity index (χ1) is 9.19. The van der Waals surface area contributed by atoms with E-state index in [0.29, 0.717) is 6.42 Å². The Hall–Kier alpha value is -1.55. The van der Waals surface area contributed by atoms with Crippen LogP contribution in [0.25, 0.3) is 0 Å². The maximum Gasteiger partial charge on any atom is 0.222 e. The van der Waals surface area contributed by atoms with Crippen LogP contribution in [-0.2, 0) is 11.2 Å². The molecule has 0 aliphatic carbocycles. The normalized spacial score (nSPS) is 16.4. The zero-order valence-corrected chi connectivity index (χ0v) is 11.8. The number of piperazine rings is 1. The van der Waals surface area contributed by atoms with Crippen LogP contribution in [0, 0.1) is 0 Å². The van der Waals surface area contributed by atoms with Crippen LogP contribution in [0.5, 0.6) is 5.75 Å². The van der Waals surface area contributed by atoms with Gasteiger partial charge in [0.05, 0.1) is 7.11 Å². The van der Waals surface area contributed by atoms with Crippen molar-refractivity contribution >= 4 is 5.91 Å². The minimum Gasteiger partial charge on any atom is -0.497 e. The Labute approximate surface area is 115 Å². The molecule has 0 N–H and O–H groups in total. The number of amides is 1. The molecule has 1 amide bonds. The summed E-state index contributed by atoms with van der Waals surface area (Å²) in [5, 5.41) is 0. The molecule has 4 heteroatoms. The summed E-state index contributed by atoms with van der Waals surface area (Å²) in [7, 11) is 3.76. The molecule has 0 saturated carbocycles. The van der Waals surface area contributed by atoms with E-state index in [-0.39, 0.29) is 5.91 Å². The van der Waals surface area contributed by atoms with E-state index in [1.165, 1.54) is 5.56 Å². The number of aryl methyl sites for hydroxylation is 1. The van der Waals surface area contributed by atoms with Crippen molar-refractivity contribution in [2.45, 2.75) is 12.8 Å². The van der Waals surface area contributed by atoms with Gasteiger partial charge in [0, 0.05) is 32.6 Å². The summed E-state index contributed by atoms with van der Waals surface area (Å²) in [6.07, 6.45) is 1.39. The number of hydrogen-bond acceptors (Lipinski definition) is 3. The molecule has 0 atom stereocenters. The van der Waals surface area contributed by atoms with Crippen molar-refractivity contribution in [2.75, 3.05) is 40.3 Å². The predicted octanol–water partition coefficient (Wildman–Crippen LogP) is 1.40. The van der Waals surface area contributed by atoms with E-state index in [1.54, 1.807) is 7.11 Å². The monoisotopic (exact) mass is 262 g/mol. The van der Waals surface area contributed by atoms with Gasteiger partial charge in [0.25, 0.3) is 0 Å². The fourth-order valence-electron chi connectivity index (χ4n) is 2.26. The van der Waals surface area contributed by atoms with Crippen molar-refractivity contribution in [3.05, 3.63) is 29.8 Å². The Bertz CT molecular complexity index is 409. The van der Waals surface area contributed by atoms with Crippen LogP contribution < -0.4 is 4.74 Å². The molecule has 19 heavy (non-hydrogen) atoms. The summed E-state index contributed by atoms with van der Waals surface area (Å²) in [4.78, 5) is 16.3. The average molecular weight is 262 g/mol. The molecule has 1 heterocycles. The lowest BCUT2D eigenvalue weighted by Crippen LogP contribution is -2.47. The number of methoxy groups -OCH3 is 1. The van der Waals surface area contributed by atoms with Gasteiger partial charge < -0.3 is 14.5 Å². The van der Waals surface area contributed by atoms with Gasteiger partial charge in [0.1, 0.15) is 5.75 Å². The molecule has 1 aliphatic rings. The Morgan fingerprint density at radius 1 is 1.16 bits per heavy atom. The van der Waals surface area contributed by atoms with E-state index < -0.39 is 0 Å². The van der Waals surface area contributed by atoms with E-state index in [2.05, 4.69) is 11.9 Å². The Morgan fingerprint density at radius 3 is 2.37 bits per heavy atom. The largest absolute Gasteiger partial charge is 0.497 e. The number of carbonyl (C=O) groups is 1. The number of hydrogen-bond donors (Lipinski definition) is 0. The second-order valence-electron chi connectivity index (χ2n) is 5.03. The molecule has 1 aliphatic heterocycles. The van der Waals surface area contributed by atoms with Crippen molar-refractivity contribution in [3.63, 3.8) is 0 Å². The van der Waals surface area contributed by atoms with Crippen LogP contribution in [0.2, 0.25) is 0 Å². The third-order valence-electron chi connectivity index (χ3n) is 3.64. The summed E-state index contributed by atoms with van der Waals surface area (Å²) in [6.45, 7) is 3.68. The highest BCUT2D eigenvalue weighted by Gasteiger charge is 2.18. The highest BCUT2D eigenvalue weighted by molar-refractivity contribution is 5.76. The lowest BCUT2D eigenvalue weighted by Gasteiger charge is -2.32. The minimum atomic E-state index is 0.268. The lowest BCUT2D eigenvalue weighted by molar-refractivity contribution is -0.132. The summed E-state index contributed by atoms with van der Waals surface area (Å²) in [5.74, 6) is 1.12. The molecule has 2 rings (SSSR count). The number of nitrogens with zero attached hydrogens (tertiary/aromatic N) is 2. The maximum absolute atomic E-state index is 12.1. The smallest absolute Gasteiger partial charge is 0.222 e. The van der Waals surface area contributed by atoms with Crippen molar-refractivity contribution in [1.29, 1.82) is 0 Å². The highest BCUT2D eigenvalue weighted by Crippen LogP contribution is 2.13. The van der Waals surface area contributed by atoms with Crippen LogP contribution >= 0.6 is 0 Å². The zero-order chi connectivity index (χ0) is 13.7. The van der Waals surface area contributed by atoms with Crippen molar-refractivity contribution < 1.29 is 9.53 Å². The standard InChI is InChI=1S/C15H22N2O2/c1-16-9-11-17(12-10-16)15(18)8-5-13-3-6-14(19-2)7-4-13/h3-4,6-7H,5,8-12H2,1-2H3. The van der Waals surface area contributed by atoms with Crippen LogP contribution in [0.15, 0.2) is 24.3 Å². The van der Waals surface area contributed by atoms with Gasteiger partial charge in [-0.2, -0.15) is 0 Å². The molecule has 1 fully saturated rings. The number of rotatable bonds is 4. The second-order valence-corrected chi connectivity index (χ2v) is 5.03. The van der Waals surface area contributed by atoms with E-state index >= 15 is 0 Å². The molecule has 0 spiro atoms. The van der Waals surface area contributed by atoms with Gasteiger partial charge in [-0.3, -0.25) is 4.79 Å². The van der Waals surface area contributed by atoms with Crippen LogP contribution in [0.3, 0.4) is 0 Å². The first-order valence-corrected chi connectivity index (χ1v) is 6.78. The number of ether oxygens (including phenoxy) is 1. The fraction of sp³-hybridized carbons (Fsp3) is 0.533. The molecule has 4 nitrogen and oxygen atoms in total. The molecule has 0 bridgehead atoms. The third kappa shape index (κ3) is 3.96. The molecule has 1 aromatic carbocycles. The van der Waals surface area contributed by atoms with Gasteiger partial charge in [0.2, 0.25) is 5.91 Å². The van der Waals surface area contributed by atoms with Gasteiger partial charge in [0.15, 0.2) is 0 Å². The molecule has 104 valence electrons. The molecule has 0 unspecified atom stereocenters. The first kappa shape index (κ1) is 13.9. The van der Waals surface area contributed by atoms with Gasteiger partial charge in [-0.1, -0.05) is 12.1 Å². The van der Waals surface area contributed by atoms with Gasteiger partial charge in [-0.15, -0.1) is 0 Å².